The smallest absolute Gasteiger partial charge is 0.167 e. The Morgan fingerprint density at radius 3 is 1.24 bits per heavy atom. The van der Waals surface area contributed by atoms with Crippen molar-refractivity contribution in [1.82, 2.24) is 15.0 Å². The van der Waals surface area contributed by atoms with Gasteiger partial charge in [0.15, 0.2) is 17.5 Å². The SMILES string of the molecule is c1ccc(-c2nc(-c3ccc4c(c3)oc3c(-c5ccccc5)ccc(-c5ccccc5)c34)nc(-c3cccc4c3oc3c(-c5ccccc5)ccc(-c5ccccc5)c34)n2)cc1. The zero-order valence-corrected chi connectivity index (χ0v) is 33.4. The summed E-state index contributed by atoms with van der Waals surface area (Å²) in [6.07, 6.45) is 0. The molecule has 5 nitrogen and oxygen atoms in total. The van der Waals surface area contributed by atoms with Crippen LogP contribution in [0.2, 0.25) is 0 Å². The molecule has 0 aliphatic carbocycles. The number of hydrogen-bond acceptors (Lipinski definition) is 5. The lowest BCUT2D eigenvalue weighted by Gasteiger charge is -2.09. The van der Waals surface area contributed by atoms with Crippen LogP contribution in [0.15, 0.2) is 221 Å². The molecule has 0 fully saturated rings. The average molecular weight is 794 g/mol. The van der Waals surface area contributed by atoms with Crippen LogP contribution in [0.25, 0.3) is 123 Å². The molecule has 5 heteroatoms. The van der Waals surface area contributed by atoms with Crippen molar-refractivity contribution in [3.8, 4) is 78.7 Å². The van der Waals surface area contributed by atoms with Crippen molar-refractivity contribution in [2.45, 2.75) is 0 Å². The van der Waals surface area contributed by atoms with E-state index in [9.17, 15) is 0 Å². The van der Waals surface area contributed by atoms with Crippen LogP contribution in [0, 0.1) is 0 Å². The second kappa shape index (κ2) is 14.7. The Balaban J connectivity index is 1.08. The van der Waals surface area contributed by atoms with Gasteiger partial charge >= 0.3 is 0 Å². The standard InChI is InChI=1S/C57H35N3O2/c1-6-17-36(18-7-1)42-31-33-44(38-21-10-3-11-22-38)53-50(42)46-30-29-41(35-49(46)61-53)56-58-55(40-25-14-5-15-26-40)59-57(60-56)48-28-16-27-47-51-43(37-19-8-2-9-20-37)32-34-45(54(51)62-52(47)48)39-23-12-4-13-24-39/h1-35H. The first-order chi connectivity index (χ1) is 30.7. The molecule has 0 spiro atoms. The van der Waals surface area contributed by atoms with Gasteiger partial charge in [-0.2, -0.15) is 0 Å². The van der Waals surface area contributed by atoms with Gasteiger partial charge in [-0.1, -0.05) is 182 Å². The van der Waals surface area contributed by atoms with Gasteiger partial charge in [-0.3, -0.25) is 0 Å². The van der Waals surface area contributed by atoms with Crippen LogP contribution in [0.4, 0.5) is 0 Å². The molecule has 12 aromatic rings. The monoisotopic (exact) mass is 793 g/mol. The van der Waals surface area contributed by atoms with Gasteiger partial charge in [-0.15, -0.1) is 0 Å². The summed E-state index contributed by atoms with van der Waals surface area (Å²) in [6.45, 7) is 0. The number of aromatic nitrogens is 3. The molecule has 0 aliphatic heterocycles. The number of rotatable bonds is 7. The molecule has 0 bridgehead atoms. The molecule has 3 aromatic heterocycles. The third-order valence-corrected chi connectivity index (χ3v) is 11.8. The minimum absolute atomic E-state index is 0.517. The largest absolute Gasteiger partial charge is 0.455 e. The average Bonchev–Trinajstić information content (AvgIpc) is 3.94. The molecule has 9 aromatic carbocycles. The quantitative estimate of drug-likeness (QED) is 0.161. The van der Waals surface area contributed by atoms with E-state index in [1.54, 1.807) is 0 Å². The van der Waals surface area contributed by atoms with Crippen molar-refractivity contribution in [1.29, 1.82) is 0 Å². The van der Waals surface area contributed by atoms with Crippen molar-refractivity contribution in [2.75, 3.05) is 0 Å². The maximum Gasteiger partial charge on any atom is 0.167 e. The fraction of sp³-hybridized carbons (Fsp3) is 0. The maximum absolute atomic E-state index is 7.05. The molecule has 3 heterocycles. The molecule has 290 valence electrons. The lowest BCUT2D eigenvalue weighted by molar-refractivity contribution is 0.669. The highest BCUT2D eigenvalue weighted by Gasteiger charge is 2.23. The van der Waals surface area contributed by atoms with Gasteiger partial charge < -0.3 is 8.83 Å². The minimum atomic E-state index is 0.517. The van der Waals surface area contributed by atoms with E-state index in [4.69, 9.17) is 23.8 Å². The number of para-hydroxylation sites is 1. The summed E-state index contributed by atoms with van der Waals surface area (Å²) < 4.78 is 13.9. The molecule has 0 radical (unpaired) electrons. The first-order valence-corrected chi connectivity index (χ1v) is 20.8. The van der Waals surface area contributed by atoms with Crippen molar-refractivity contribution >= 4 is 43.9 Å². The Bertz CT molecular complexity index is 3600. The van der Waals surface area contributed by atoms with Crippen molar-refractivity contribution < 1.29 is 8.83 Å². The van der Waals surface area contributed by atoms with E-state index in [1.807, 2.05) is 60.7 Å². The Labute approximate surface area is 357 Å². The zero-order chi connectivity index (χ0) is 41.0. The summed E-state index contributed by atoms with van der Waals surface area (Å²) in [5, 5.41) is 4.13. The number of hydrogen-bond donors (Lipinski definition) is 0. The van der Waals surface area contributed by atoms with Crippen LogP contribution in [0.3, 0.4) is 0 Å². The van der Waals surface area contributed by atoms with Gasteiger partial charge in [0.25, 0.3) is 0 Å². The summed E-state index contributed by atoms with van der Waals surface area (Å²) in [5.41, 5.74) is 14.3. The summed E-state index contributed by atoms with van der Waals surface area (Å²) in [7, 11) is 0. The van der Waals surface area contributed by atoms with Crippen LogP contribution in [-0.4, -0.2) is 15.0 Å². The minimum Gasteiger partial charge on any atom is -0.455 e. The molecule has 0 N–H and O–H groups in total. The van der Waals surface area contributed by atoms with Crippen LogP contribution < -0.4 is 0 Å². The topological polar surface area (TPSA) is 65.0 Å². The molecule has 12 rings (SSSR count). The molecule has 0 saturated carbocycles. The number of nitrogens with zero attached hydrogens (tertiary/aromatic N) is 3. The Kier molecular flexibility index (Phi) is 8.42. The number of furan rings is 2. The maximum atomic E-state index is 7.05. The van der Waals surface area contributed by atoms with Crippen molar-refractivity contribution in [3.05, 3.63) is 212 Å². The number of fused-ring (bicyclic) bond motifs is 6. The molecule has 0 aliphatic rings. The third-order valence-electron chi connectivity index (χ3n) is 11.8. The second-order valence-corrected chi connectivity index (χ2v) is 15.5. The lowest BCUT2D eigenvalue weighted by atomic mass is 9.94. The summed E-state index contributed by atoms with van der Waals surface area (Å²) in [5.74, 6) is 1.62. The molecule has 62 heavy (non-hydrogen) atoms. The van der Waals surface area contributed by atoms with Crippen molar-refractivity contribution in [3.63, 3.8) is 0 Å². The zero-order valence-electron chi connectivity index (χ0n) is 33.4. The van der Waals surface area contributed by atoms with E-state index >= 15 is 0 Å². The summed E-state index contributed by atoms with van der Waals surface area (Å²) in [6, 6.07) is 73.1. The van der Waals surface area contributed by atoms with E-state index in [0.29, 0.717) is 23.1 Å². The van der Waals surface area contributed by atoms with Gasteiger partial charge in [0.2, 0.25) is 0 Å². The van der Waals surface area contributed by atoms with Gasteiger partial charge in [-0.05, 0) is 63.7 Å². The van der Waals surface area contributed by atoms with Crippen LogP contribution in [0.1, 0.15) is 0 Å². The van der Waals surface area contributed by atoms with Gasteiger partial charge in [0.05, 0.1) is 5.56 Å². The normalized spacial score (nSPS) is 11.5. The molecule has 0 unspecified atom stereocenters. The van der Waals surface area contributed by atoms with E-state index in [-0.39, 0.29) is 0 Å². The first-order valence-electron chi connectivity index (χ1n) is 20.8. The van der Waals surface area contributed by atoms with Gasteiger partial charge in [0, 0.05) is 43.8 Å². The van der Waals surface area contributed by atoms with Gasteiger partial charge in [-0.25, -0.2) is 15.0 Å². The van der Waals surface area contributed by atoms with Gasteiger partial charge in [0.1, 0.15) is 22.3 Å². The Morgan fingerprint density at radius 2 is 0.694 bits per heavy atom. The van der Waals surface area contributed by atoms with Crippen LogP contribution in [-0.2, 0) is 0 Å². The number of benzene rings is 9. The highest BCUT2D eigenvalue weighted by Crippen LogP contribution is 2.45. The lowest BCUT2D eigenvalue weighted by Crippen LogP contribution is -2.00. The van der Waals surface area contributed by atoms with E-state index in [2.05, 4.69) is 152 Å². The van der Waals surface area contributed by atoms with E-state index < -0.39 is 0 Å². The Hall–Kier alpha value is -8.41. The summed E-state index contributed by atoms with van der Waals surface area (Å²) in [4.78, 5) is 15.5. The predicted octanol–water partition coefficient (Wildman–Crippen LogP) is 15.3. The van der Waals surface area contributed by atoms with Crippen LogP contribution in [0.5, 0.6) is 0 Å². The summed E-state index contributed by atoms with van der Waals surface area (Å²) >= 11 is 0. The van der Waals surface area contributed by atoms with Crippen molar-refractivity contribution in [2.24, 2.45) is 0 Å². The van der Waals surface area contributed by atoms with E-state index in [1.165, 1.54) is 0 Å². The Morgan fingerprint density at radius 1 is 0.258 bits per heavy atom. The highest BCUT2D eigenvalue weighted by atomic mass is 16.3. The molecule has 0 atom stereocenters. The van der Waals surface area contributed by atoms with Crippen LogP contribution >= 0.6 is 0 Å². The molecular weight excluding hydrogens is 759 g/mol. The second-order valence-electron chi connectivity index (χ2n) is 15.5. The molecule has 0 amide bonds. The fourth-order valence-electron chi connectivity index (χ4n) is 8.84. The fourth-order valence-corrected chi connectivity index (χ4v) is 8.84. The predicted molar refractivity (Wildman–Crippen MR) is 252 cm³/mol. The molecular formula is C57H35N3O2. The molecule has 0 saturated heterocycles. The third kappa shape index (κ3) is 5.98. The highest BCUT2D eigenvalue weighted by molar-refractivity contribution is 6.19. The van der Waals surface area contributed by atoms with E-state index in [0.717, 1.165) is 99.5 Å². The first kappa shape index (κ1) is 35.5.